The normalized spacial score (nSPS) is 11.4. The fraction of sp³-hybridized carbons (Fsp3) is 0.474. The maximum atomic E-state index is 12.5. The molecule has 0 saturated heterocycles. The molecule has 0 aliphatic heterocycles. The molecule has 0 bridgehead atoms. The molecule has 0 spiro atoms. The number of hydrogen-bond donors (Lipinski definition) is 2. The van der Waals surface area contributed by atoms with Crippen molar-refractivity contribution < 1.29 is 24.3 Å². The number of amides is 2. The zero-order valence-electron chi connectivity index (χ0n) is 17.2. The average Bonchev–Trinajstić information content (AvgIpc) is 2.66. The Balaban J connectivity index is 2.81. The van der Waals surface area contributed by atoms with Crippen molar-refractivity contribution in [2.24, 2.45) is 5.11 Å². The van der Waals surface area contributed by atoms with Crippen molar-refractivity contribution in [1.82, 2.24) is 15.1 Å². The zero-order valence-corrected chi connectivity index (χ0v) is 17.2. The second kappa shape index (κ2) is 11.4. The van der Waals surface area contributed by atoms with Crippen LogP contribution in [-0.4, -0.2) is 51.8 Å². The molecule has 11 heteroatoms. The molecular weight excluding hydrogens is 390 g/mol. The van der Waals surface area contributed by atoms with Gasteiger partial charge in [0, 0.05) is 17.6 Å². The minimum atomic E-state index is -1.28. The summed E-state index contributed by atoms with van der Waals surface area (Å²) in [5, 5.41) is 17.4. The molecule has 1 rings (SSSR count). The third-order valence-electron chi connectivity index (χ3n) is 4.26. The van der Waals surface area contributed by atoms with Gasteiger partial charge in [-0.15, -0.1) is 0 Å². The van der Waals surface area contributed by atoms with Gasteiger partial charge in [-0.1, -0.05) is 6.07 Å². The second-order valence-corrected chi connectivity index (χ2v) is 7.51. The van der Waals surface area contributed by atoms with Crippen molar-refractivity contribution in [3.05, 3.63) is 35.4 Å². The fourth-order valence-electron chi connectivity index (χ4n) is 2.76. The molecule has 1 atom stereocenters. The van der Waals surface area contributed by atoms with E-state index in [9.17, 15) is 19.5 Å². The number of ketones is 1. The van der Waals surface area contributed by atoms with Crippen molar-refractivity contribution in [3.8, 4) is 0 Å². The lowest BCUT2D eigenvalue weighted by molar-refractivity contribution is -0.270. The number of nitrogens with one attached hydrogen (secondary N) is 2. The van der Waals surface area contributed by atoms with E-state index < -0.39 is 29.4 Å². The van der Waals surface area contributed by atoms with E-state index in [-0.39, 0.29) is 18.5 Å². The van der Waals surface area contributed by atoms with Crippen LogP contribution in [0.15, 0.2) is 29.4 Å². The lowest BCUT2D eigenvalue weighted by Crippen LogP contribution is -2.52. The molecule has 0 aromatic heterocycles. The van der Waals surface area contributed by atoms with Crippen LogP contribution in [0.2, 0.25) is 0 Å². The summed E-state index contributed by atoms with van der Waals surface area (Å²) in [5.74, 6) is -1.15. The third kappa shape index (κ3) is 7.75. The second-order valence-electron chi connectivity index (χ2n) is 7.51. The van der Waals surface area contributed by atoms with Crippen LogP contribution in [0.1, 0.15) is 50.4 Å². The minimum absolute atomic E-state index is 0.216. The Kier molecular flexibility index (Phi) is 9.22. The Hall–Kier alpha value is -3.68. The highest BCUT2D eigenvalue weighted by Gasteiger charge is 2.24. The van der Waals surface area contributed by atoms with Crippen LogP contribution in [0.25, 0.3) is 5.53 Å². The van der Waals surface area contributed by atoms with Crippen LogP contribution in [0.5, 0.6) is 0 Å². The summed E-state index contributed by atoms with van der Waals surface area (Å²) in [6, 6.07) is 5.10. The summed E-state index contributed by atoms with van der Waals surface area (Å²) >= 11 is 0. The van der Waals surface area contributed by atoms with E-state index in [1.54, 1.807) is 32.9 Å². The van der Waals surface area contributed by atoms with Gasteiger partial charge in [0.05, 0.1) is 6.04 Å². The molecule has 160 valence electrons. The van der Waals surface area contributed by atoms with Gasteiger partial charge in [-0.3, -0.25) is 9.59 Å². The van der Waals surface area contributed by atoms with E-state index in [1.165, 1.54) is 17.0 Å². The Morgan fingerprint density at radius 3 is 2.60 bits per heavy atom. The first kappa shape index (κ1) is 24.4. The maximum Gasteiger partial charge on any atom is 0.325 e. The third-order valence-corrected chi connectivity index (χ3v) is 4.26. The number of benzene rings is 1. The average molecular weight is 415 g/mol. The van der Waals surface area contributed by atoms with Gasteiger partial charge in [-0.25, -0.2) is 0 Å². The zero-order chi connectivity index (χ0) is 22.7. The molecule has 2 amide bonds. The predicted octanol–water partition coefficient (Wildman–Crippen LogP) is 1.45. The summed E-state index contributed by atoms with van der Waals surface area (Å²) in [4.78, 5) is 42.8. The Bertz CT molecular complexity index is 881. The molecule has 0 saturated carbocycles. The van der Waals surface area contributed by atoms with Crippen molar-refractivity contribution in [2.75, 3.05) is 6.54 Å². The molecule has 0 aliphatic carbocycles. The van der Waals surface area contributed by atoms with Gasteiger partial charge in [-0.2, -0.15) is 4.79 Å². The largest absolute Gasteiger partial charge is 0.530 e. The van der Waals surface area contributed by atoms with Crippen molar-refractivity contribution in [1.29, 1.82) is 5.53 Å². The molecule has 0 unspecified atom stereocenters. The lowest BCUT2D eigenvalue weighted by atomic mass is 10.0. The van der Waals surface area contributed by atoms with Crippen LogP contribution in [-0.2, 0) is 4.79 Å². The van der Waals surface area contributed by atoms with E-state index in [4.69, 9.17) is 11.1 Å². The number of hydrogen-bond acceptors (Lipinski definition) is 6. The number of unbranched alkanes of at least 4 members (excludes halogenated alkanes) is 1. The summed E-state index contributed by atoms with van der Waals surface area (Å²) in [6.07, 6.45) is 0.524. The smallest absolute Gasteiger partial charge is 0.325 e. The van der Waals surface area contributed by atoms with Crippen LogP contribution in [0.3, 0.4) is 0 Å². The van der Waals surface area contributed by atoms with Crippen molar-refractivity contribution in [3.63, 3.8) is 0 Å². The highest BCUT2D eigenvalue weighted by molar-refractivity contribution is 6.28. The maximum absolute atomic E-state index is 12.5. The molecule has 0 heterocycles. The van der Waals surface area contributed by atoms with Crippen LogP contribution < -0.4 is 15.3 Å². The fourth-order valence-corrected chi connectivity index (χ4v) is 2.76. The van der Waals surface area contributed by atoms with Gasteiger partial charge in [0.2, 0.25) is 4.91 Å². The van der Waals surface area contributed by atoms with Gasteiger partial charge in [-0.05, 0) is 58.2 Å². The van der Waals surface area contributed by atoms with Gasteiger partial charge >= 0.3 is 6.21 Å². The first-order valence-electron chi connectivity index (χ1n) is 9.28. The SMILES string of the molecule is CC(C)(C)N(CCCC[C@H](NC(=O)c1cccc(N=[N+]=N)c1)C(=O)C=[N+]=[N-])C(=O)[O-]. The first-order chi connectivity index (χ1) is 14.1. The van der Waals surface area contributed by atoms with E-state index in [0.717, 1.165) is 0 Å². The quantitative estimate of drug-likeness (QED) is 0.254. The highest BCUT2D eigenvalue weighted by atomic mass is 16.4. The lowest BCUT2D eigenvalue weighted by Gasteiger charge is -2.38. The number of rotatable bonds is 10. The summed E-state index contributed by atoms with van der Waals surface area (Å²) < 4.78 is 0. The van der Waals surface area contributed by atoms with Crippen LogP contribution in [0.4, 0.5) is 10.5 Å². The highest BCUT2D eigenvalue weighted by Crippen LogP contribution is 2.16. The Morgan fingerprint density at radius 1 is 1.33 bits per heavy atom. The molecule has 0 aliphatic rings. The Morgan fingerprint density at radius 2 is 2.03 bits per heavy atom. The molecule has 11 nitrogen and oxygen atoms in total. The molecular formula is C19H25N7O4. The number of carbonyl (C=O) groups excluding carboxylic acids is 3. The van der Waals surface area contributed by atoms with Crippen molar-refractivity contribution >= 4 is 29.7 Å². The first-order valence-corrected chi connectivity index (χ1v) is 9.28. The van der Waals surface area contributed by atoms with E-state index in [0.29, 0.717) is 24.7 Å². The van der Waals surface area contributed by atoms with Crippen molar-refractivity contribution in [2.45, 2.75) is 51.6 Å². The van der Waals surface area contributed by atoms with E-state index >= 15 is 0 Å². The summed E-state index contributed by atoms with van der Waals surface area (Å²) in [6.45, 7) is 5.47. The van der Waals surface area contributed by atoms with E-state index in [1.807, 2.05) is 0 Å². The number of carbonyl (C=O) groups is 3. The van der Waals surface area contributed by atoms with Crippen LogP contribution in [0, 0.1) is 5.53 Å². The number of carboxylic acid groups (broad SMARTS) is 1. The topological polar surface area (TPSA) is 176 Å². The van der Waals surface area contributed by atoms with Gasteiger partial charge in [0.1, 0.15) is 11.6 Å². The molecule has 0 fully saturated rings. The molecule has 0 radical (unpaired) electrons. The summed E-state index contributed by atoms with van der Waals surface area (Å²) in [5.41, 5.74) is 15.3. The van der Waals surface area contributed by atoms with Gasteiger partial charge in [0.25, 0.3) is 11.7 Å². The number of Topliss-reactive ketones (excluding diaryl/α,β-unsaturated/α-hetero) is 1. The monoisotopic (exact) mass is 415 g/mol. The Labute approximate surface area is 173 Å². The minimum Gasteiger partial charge on any atom is -0.530 e. The predicted molar refractivity (Wildman–Crippen MR) is 105 cm³/mol. The molecule has 2 N–H and O–H groups in total. The number of nitrogens with zero attached hydrogens (tertiary/aromatic N) is 5. The molecule has 1 aromatic rings. The molecule has 1 aromatic carbocycles. The molecule has 30 heavy (non-hydrogen) atoms. The standard InChI is InChI=1S/C19H25N7O4/c1-19(2,3)26(18(29)30)10-5-4-9-15(16(27)12-22-20)23-17(28)13-7-6-8-14(11-13)24-25-21/h6-8,11-12,15,21H,4-5,9-10H2,1-3H3,(H-,23,28,29,30)/t15-/m0/s1. The van der Waals surface area contributed by atoms with Gasteiger partial charge < -0.3 is 25.6 Å². The summed E-state index contributed by atoms with van der Waals surface area (Å²) in [7, 11) is 0. The van der Waals surface area contributed by atoms with Crippen LogP contribution >= 0.6 is 0 Å². The van der Waals surface area contributed by atoms with E-state index in [2.05, 4.69) is 20.1 Å². The van der Waals surface area contributed by atoms with Gasteiger partial charge in [0.15, 0.2) is 10.8 Å².